The molecule has 106 valence electrons. The van der Waals surface area contributed by atoms with Gasteiger partial charge >= 0.3 is 5.97 Å². The Bertz CT molecular complexity index is 701. The second-order valence-corrected chi connectivity index (χ2v) is 4.57. The lowest BCUT2D eigenvalue weighted by Gasteiger charge is -2.08. The fourth-order valence-electron chi connectivity index (χ4n) is 1.91. The van der Waals surface area contributed by atoms with Crippen molar-refractivity contribution in [2.75, 3.05) is 7.11 Å². The van der Waals surface area contributed by atoms with Crippen molar-refractivity contribution in [3.05, 3.63) is 64.7 Å². The van der Waals surface area contributed by atoms with Crippen LogP contribution in [0.5, 0.6) is 5.75 Å². The van der Waals surface area contributed by atoms with E-state index in [0.29, 0.717) is 16.9 Å². The minimum absolute atomic E-state index is 0.130. The third-order valence-electron chi connectivity index (χ3n) is 3.07. The molecule has 0 radical (unpaired) electrons. The number of hydrogen-bond donors (Lipinski definition) is 0. The van der Waals surface area contributed by atoms with Crippen molar-refractivity contribution in [1.82, 2.24) is 0 Å². The molecule has 21 heavy (non-hydrogen) atoms. The summed E-state index contributed by atoms with van der Waals surface area (Å²) in [6, 6.07) is 14.2. The molecular weight excluding hydrogens is 266 g/mol. The van der Waals surface area contributed by atoms with Crippen LogP contribution in [0.1, 0.15) is 27.0 Å². The molecule has 0 bridgehead atoms. The van der Waals surface area contributed by atoms with Crippen molar-refractivity contribution >= 4 is 5.97 Å². The highest BCUT2D eigenvalue weighted by atomic mass is 16.5. The summed E-state index contributed by atoms with van der Waals surface area (Å²) in [5.41, 5.74) is 2.71. The molecule has 0 heterocycles. The zero-order valence-corrected chi connectivity index (χ0v) is 11.9. The average molecular weight is 281 g/mol. The molecule has 2 rings (SSSR count). The number of methoxy groups -OCH3 is 1. The van der Waals surface area contributed by atoms with Gasteiger partial charge in [0.2, 0.25) is 0 Å². The van der Waals surface area contributed by atoms with Crippen LogP contribution in [-0.2, 0) is 11.3 Å². The lowest BCUT2D eigenvalue weighted by atomic mass is 10.1. The number of rotatable bonds is 4. The number of hydrogen-bond acceptors (Lipinski definition) is 4. The highest BCUT2D eigenvalue weighted by Gasteiger charge is 2.10. The van der Waals surface area contributed by atoms with E-state index in [1.165, 1.54) is 0 Å². The van der Waals surface area contributed by atoms with Crippen molar-refractivity contribution in [1.29, 1.82) is 5.26 Å². The Morgan fingerprint density at radius 2 is 2.05 bits per heavy atom. The van der Waals surface area contributed by atoms with Crippen molar-refractivity contribution in [3.63, 3.8) is 0 Å². The van der Waals surface area contributed by atoms with Gasteiger partial charge in [-0.1, -0.05) is 18.2 Å². The molecule has 0 aromatic heterocycles. The van der Waals surface area contributed by atoms with Crippen LogP contribution in [0.15, 0.2) is 42.5 Å². The molecular formula is C17H15NO3. The standard InChI is InChI=1S/C17H15NO3/c1-12-6-7-15(9-16(12)20-2)17(19)21-11-14-5-3-4-13(8-14)10-18/h3-9H,11H2,1-2H3. The van der Waals surface area contributed by atoms with Crippen molar-refractivity contribution in [2.45, 2.75) is 13.5 Å². The van der Waals surface area contributed by atoms with Crippen molar-refractivity contribution in [2.24, 2.45) is 0 Å². The van der Waals surface area contributed by atoms with E-state index in [1.54, 1.807) is 37.4 Å². The van der Waals surface area contributed by atoms with Crippen molar-refractivity contribution < 1.29 is 14.3 Å². The number of benzene rings is 2. The first-order valence-electron chi connectivity index (χ1n) is 6.45. The SMILES string of the molecule is COc1cc(C(=O)OCc2cccc(C#N)c2)ccc1C. The number of nitrogens with zero attached hydrogens (tertiary/aromatic N) is 1. The summed E-state index contributed by atoms with van der Waals surface area (Å²) in [7, 11) is 1.56. The number of carbonyl (C=O) groups is 1. The van der Waals surface area contributed by atoms with E-state index in [1.807, 2.05) is 19.1 Å². The summed E-state index contributed by atoms with van der Waals surface area (Å²) in [6.45, 7) is 2.03. The van der Waals surface area contributed by atoms with Crippen LogP contribution in [0.25, 0.3) is 0 Å². The zero-order chi connectivity index (χ0) is 15.2. The quantitative estimate of drug-likeness (QED) is 0.807. The predicted octanol–water partition coefficient (Wildman–Crippen LogP) is 3.23. The topological polar surface area (TPSA) is 59.3 Å². The summed E-state index contributed by atoms with van der Waals surface area (Å²) in [6.07, 6.45) is 0. The molecule has 0 amide bonds. The highest BCUT2D eigenvalue weighted by molar-refractivity contribution is 5.90. The molecule has 0 saturated heterocycles. The molecule has 4 heteroatoms. The van der Waals surface area contributed by atoms with Gasteiger partial charge in [0.05, 0.1) is 24.3 Å². The first kappa shape index (κ1) is 14.6. The molecule has 0 unspecified atom stereocenters. The van der Waals surface area contributed by atoms with Gasteiger partial charge in [-0.25, -0.2) is 4.79 Å². The summed E-state index contributed by atoms with van der Waals surface area (Å²) in [5, 5.41) is 8.83. The first-order chi connectivity index (χ1) is 10.1. The van der Waals surface area contributed by atoms with Crippen LogP contribution in [0.3, 0.4) is 0 Å². The molecule has 4 nitrogen and oxygen atoms in total. The van der Waals surface area contributed by atoms with E-state index >= 15 is 0 Å². The fourth-order valence-corrected chi connectivity index (χ4v) is 1.91. The zero-order valence-electron chi connectivity index (χ0n) is 11.9. The molecule has 0 spiro atoms. The number of nitriles is 1. The number of carbonyl (C=O) groups excluding carboxylic acids is 1. The summed E-state index contributed by atoms with van der Waals surface area (Å²) in [5.74, 6) is 0.228. The van der Waals surface area contributed by atoms with E-state index < -0.39 is 5.97 Å². The van der Waals surface area contributed by atoms with Crippen LogP contribution in [0.2, 0.25) is 0 Å². The number of aryl methyl sites for hydroxylation is 1. The van der Waals surface area contributed by atoms with Gasteiger partial charge in [0.1, 0.15) is 12.4 Å². The second kappa shape index (κ2) is 6.58. The molecule has 0 saturated carbocycles. The molecule has 2 aromatic carbocycles. The number of esters is 1. The normalized spacial score (nSPS) is 9.76. The minimum Gasteiger partial charge on any atom is -0.496 e. The van der Waals surface area contributed by atoms with Gasteiger partial charge in [0.25, 0.3) is 0 Å². The lowest BCUT2D eigenvalue weighted by molar-refractivity contribution is 0.0472. The largest absolute Gasteiger partial charge is 0.496 e. The van der Waals surface area contributed by atoms with Gasteiger partial charge in [-0.15, -0.1) is 0 Å². The molecule has 0 aliphatic carbocycles. The maximum Gasteiger partial charge on any atom is 0.338 e. The molecule has 0 atom stereocenters. The van der Waals surface area contributed by atoms with Gasteiger partial charge in [0, 0.05) is 0 Å². The van der Waals surface area contributed by atoms with E-state index in [4.69, 9.17) is 14.7 Å². The second-order valence-electron chi connectivity index (χ2n) is 4.57. The summed E-state index contributed by atoms with van der Waals surface area (Å²) < 4.78 is 10.4. The van der Waals surface area contributed by atoms with Crippen LogP contribution in [0, 0.1) is 18.3 Å². The Kier molecular flexibility index (Phi) is 4.57. The predicted molar refractivity (Wildman–Crippen MR) is 78.0 cm³/mol. The average Bonchev–Trinajstić information content (AvgIpc) is 2.53. The van der Waals surface area contributed by atoms with Crippen LogP contribution < -0.4 is 4.74 Å². The van der Waals surface area contributed by atoms with E-state index in [0.717, 1.165) is 11.1 Å². The van der Waals surface area contributed by atoms with Gasteiger partial charge in [0.15, 0.2) is 0 Å². The Morgan fingerprint density at radius 3 is 2.76 bits per heavy atom. The highest BCUT2D eigenvalue weighted by Crippen LogP contribution is 2.19. The molecule has 0 N–H and O–H groups in total. The smallest absolute Gasteiger partial charge is 0.338 e. The number of ether oxygens (including phenoxy) is 2. The minimum atomic E-state index is -0.421. The van der Waals surface area contributed by atoms with Gasteiger partial charge < -0.3 is 9.47 Å². The third kappa shape index (κ3) is 3.61. The fraction of sp³-hybridized carbons (Fsp3) is 0.176. The van der Waals surface area contributed by atoms with Crippen LogP contribution >= 0.6 is 0 Å². The van der Waals surface area contributed by atoms with E-state index in [2.05, 4.69) is 6.07 Å². The lowest BCUT2D eigenvalue weighted by Crippen LogP contribution is -2.06. The molecule has 0 aliphatic rings. The van der Waals surface area contributed by atoms with Gasteiger partial charge in [-0.05, 0) is 42.3 Å². The van der Waals surface area contributed by atoms with Gasteiger partial charge in [-0.3, -0.25) is 0 Å². The Labute approximate surface area is 123 Å². The monoisotopic (exact) mass is 281 g/mol. The van der Waals surface area contributed by atoms with Crippen LogP contribution in [0.4, 0.5) is 0 Å². The maximum absolute atomic E-state index is 12.0. The molecule has 0 aliphatic heterocycles. The van der Waals surface area contributed by atoms with Crippen molar-refractivity contribution in [3.8, 4) is 11.8 Å². The van der Waals surface area contributed by atoms with Gasteiger partial charge in [-0.2, -0.15) is 5.26 Å². The summed E-state index contributed by atoms with van der Waals surface area (Å²) in [4.78, 5) is 12.0. The van der Waals surface area contributed by atoms with Crippen LogP contribution in [-0.4, -0.2) is 13.1 Å². The maximum atomic E-state index is 12.0. The Balaban J connectivity index is 2.06. The van der Waals surface area contributed by atoms with E-state index in [9.17, 15) is 4.79 Å². The summed E-state index contributed by atoms with van der Waals surface area (Å²) >= 11 is 0. The first-order valence-corrected chi connectivity index (χ1v) is 6.45. The molecule has 2 aromatic rings. The van der Waals surface area contributed by atoms with E-state index in [-0.39, 0.29) is 6.61 Å². The molecule has 0 fully saturated rings. The third-order valence-corrected chi connectivity index (χ3v) is 3.07. The Morgan fingerprint density at radius 1 is 1.24 bits per heavy atom. The Hall–Kier alpha value is -2.80.